The number of hydrogen-bond acceptors (Lipinski definition) is 2. The summed E-state index contributed by atoms with van der Waals surface area (Å²) in [5, 5.41) is 0. The second kappa shape index (κ2) is 5.91. The predicted molar refractivity (Wildman–Crippen MR) is 67.3 cm³/mol. The second-order valence-corrected chi connectivity index (χ2v) is 4.53. The van der Waals surface area contributed by atoms with Crippen LogP contribution in [0.3, 0.4) is 0 Å². The molecule has 15 heavy (non-hydrogen) atoms. The van der Waals surface area contributed by atoms with Crippen molar-refractivity contribution in [2.45, 2.75) is 19.8 Å². The molecule has 0 saturated heterocycles. The highest BCUT2D eigenvalue weighted by Crippen LogP contribution is 2.24. The summed E-state index contributed by atoms with van der Waals surface area (Å²) in [5.74, 6) is 0.260. The van der Waals surface area contributed by atoms with E-state index in [1.807, 2.05) is 25.2 Å². The molecule has 0 aromatic heterocycles. The van der Waals surface area contributed by atoms with Crippen molar-refractivity contribution in [2.75, 3.05) is 18.5 Å². The fourth-order valence-corrected chi connectivity index (χ4v) is 2.03. The number of carbonyl (C=O) groups is 1. The maximum absolute atomic E-state index is 10.8. The average Bonchev–Trinajstić information content (AvgIpc) is 2.17. The molecule has 0 bridgehead atoms. The molecule has 3 heteroatoms. The van der Waals surface area contributed by atoms with Gasteiger partial charge in [0.2, 0.25) is 0 Å². The van der Waals surface area contributed by atoms with E-state index < -0.39 is 0 Å². The number of nitrogens with zero attached hydrogens (tertiary/aromatic N) is 1. The Morgan fingerprint density at radius 1 is 1.40 bits per heavy atom. The Morgan fingerprint density at radius 2 is 2.07 bits per heavy atom. The minimum atomic E-state index is 0.260. The monoisotopic (exact) mass is 269 g/mol. The van der Waals surface area contributed by atoms with Gasteiger partial charge in [-0.3, -0.25) is 0 Å². The SMILES string of the molecule is CC(=O)CCCN(C)c1ccccc1Br. The molecule has 0 unspecified atom stereocenters. The van der Waals surface area contributed by atoms with Gasteiger partial charge in [0.05, 0.1) is 5.69 Å². The van der Waals surface area contributed by atoms with Crippen LogP contribution in [0, 0.1) is 0 Å². The van der Waals surface area contributed by atoms with Crippen LogP contribution in [-0.4, -0.2) is 19.4 Å². The Hall–Kier alpha value is -0.830. The molecule has 0 atom stereocenters. The summed E-state index contributed by atoms with van der Waals surface area (Å²) in [6.45, 7) is 2.54. The number of halogens is 1. The molecule has 0 fully saturated rings. The smallest absolute Gasteiger partial charge is 0.129 e. The molecule has 0 aliphatic carbocycles. The number of para-hydroxylation sites is 1. The maximum Gasteiger partial charge on any atom is 0.129 e. The Bertz CT molecular complexity index is 338. The van der Waals surface area contributed by atoms with Crippen molar-refractivity contribution in [3.63, 3.8) is 0 Å². The van der Waals surface area contributed by atoms with Crippen molar-refractivity contribution in [3.05, 3.63) is 28.7 Å². The van der Waals surface area contributed by atoms with Gasteiger partial charge in [0.1, 0.15) is 5.78 Å². The molecular formula is C12H16BrNO. The number of anilines is 1. The van der Waals surface area contributed by atoms with E-state index in [2.05, 4.69) is 26.9 Å². The summed E-state index contributed by atoms with van der Waals surface area (Å²) in [7, 11) is 2.04. The third-order valence-electron chi connectivity index (χ3n) is 2.29. The predicted octanol–water partition coefficient (Wildman–Crippen LogP) is 3.25. The summed E-state index contributed by atoms with van der Waals surface area (Å²) < 4.78 is 1.09. The van der Waals surface area contributed by atoms with Gasteiger partial charge in [-0.1, -0.05) is 12.1 Å². The van der Waals surface area contributed by atoms with Gasteiger partial charge in [0.25, 0.3) is 0 Å². The topological polar surface area (TPSA) is 20.3 Å². The number of rotatable bonds is 5. The average molecular weight is 270 g/mol. The third kappa shape index (κ3) is 4.04. The zero-order valence-corrected chi connectivity index (χ0v) is 10.8. The molecule has 0 N–H and O–H groups in total. The molecule has 0 heterocycles. The molecule has 1 aromatic rings. The molecule has 1 rings (SSSR count). The summed E-state index contributed by atoms with van der Waals surface area (Å²) in [4.78, 5) is 13.0. The van der Waals surface area contributed by atoms with Crippen molar-refractivity contribution < 1.29 is 4.79 Å². The van der Waals surface area contributed by atoms with Crippen LogP contribution in [0.2, 0.25) is 0 Å². The normalized spacial score (nSPS) is 10.1. The van der Waals surface area contributed by atoms with Crippen LogP contribution < -0.4 is 4.90 Å². The lowest BCUT2D eigenvalue weighted by Gasteiger charge is -2.20. The van der Waals surface area contributed by atoms with Crippen LogP contribution in [0.25, 0.3) is 0 Å². The van der Waals surface area contributed by atoms with Crippen molar-refractivity contribution in [3.8, 4) is 0 Å². The molecular weight excluding hydrogens is 254 g/mol. The Kier molecular flexibility index (Phi) is 4.82. The van der Waals surface area contributed by atoms with Gasteiger partial charge in [-0.25, -0.2) is 0 Å². The number of carbonyl (C=O) groups excluding carboxylic acids is 1. The highest BCUT2D eigenvalue weighted by atomic mass is 79.9. The van der Waals surface area contributed by atoms with Crippen LogP contribution in [0.4, 0.5) is 5.69 Å². The summed E-state index contributed by atoms with van der Waals surface area (Å²) >= 11 is 3.51. The number of Topliss-reactive ketones (excluding diaryl/α,β-unsaturated/α-hetero) is 1. The van der Waals surface area contributed by atoms with Crippen molar-refractivity contribution >= 4 is 27.4 Å². The van der Waals surface area contributed by atoms with E-state index in [1.54, 1.807) is 6.92 Å². The van der Waals surface area contributed by atoms with Gasteiger partial charge in [-0.15, -0.1) is 0 Å². The molecule has 0 aliphatic rings. The second-order valence-electron chi connectivity index (χ2n) is 3.68. The van der Waals surface area contributed by atoms with E-state index in [0.717, 1.165) is 17.4 Å². The minimum Gasteiger partial charge on any atom is -0.374 e. The highest BCUT2D eigenvalue weighted by Gasteiger charge is 2.04. The fraction of sp³-hybridized carbons (Fsp3) is 0.417. The maximum atomic E-state index is 10.8. The van der Waals surface area contributed by atoms with Crippen molar-refractivity contribution in [1.82, 2.24) is 0 Å². The van der Waals surface area contributed by atoms with Crippen molar-refractivity contribution in [1.29, 1.82) is 0 Å². The zero-order chi connectivity index (χ0) is 11.3. The fourth-order valence-electron chi connectivity index (χ4n) is 1.45. The summed E-state index contributed by atoms with van der Waals surface area (Å²) in [5.41, 5.74) is 1.17. The Labute approximate surface area is 99.4 Å². The van der Waals surface area contributed by atoms with E-state index in [0.29, 0.717) is 6.42 Å². The van der Waals surface area contributed by atoms with Gasteiger partial charge in [-0.2, -0.15) is 0 Å². The first-order chi connectivity index (χ1) is 7.11. The zero-order valence-electron chi connectivity index (χ0n) is 9.16. The van der Waals surface area contributed by atoms with Crippen LogP contribution >= 0.6 is 15.9 Å². The van der Waals surface area contributed by atoms with Gasteiger partial charge in [0, 0.05) is 24.5 Å². The third-order valence-corrected chi connectivity index (χ3v) is 2.96. The lowest BCUT2D eigenvalue weighted by Crippen LogP contribution is -2.19. The van der Waals surface area contributed by atoms with Crippen LogP contribution in [0.1, 0.15) is 19.8 Å². The molecule has 0 radical (unpaired) electrons. The van der Waals surface area contributed by atoms with Crippen molar-refractivity contribution in [2.24, 2.45) is 0 Å². The first-order valence-corrected chi connectivity index (χ1v) is 5.85. The molecule has 0 saturated carbocycles. The molecule has 82 valence electrons. The van der Waals surface area contributed by atoms with Gasteiger partial charge >= 0.3 is 0 Å². The highest BCUT2D eigenvalue weighted by molar-refractivity contribution is 9.10. The number of benzene rings is 1. The standard InChI is InChI=1S/C12H16BrNO/c1-10(15)6-5-9-14(2)12-8-4-3-7-11(12)13/h3-4,7-8H,5-6,9H2,1-2H3. The molecule has 0 spiro atoms. The lowest BCUT2D eigenvalue weighted by molar-refractivity contribution is -0.117. The van der Waals surface area contributed by atoms with Crippen LogP contribution in [0.15, 0.2) is 28.7 Å². The number of ketones is 1. The van der Waals surface area contributed by atoms with E-state index in [4.69, 9.17) is 0 Å². The summed E-state index contributed by atoms with van der Waals surface area (Å²) in [6, 6.07) is 8.10. The lowest BCUT2D eigenvalue weighted by atomic mass is 10.2. The Balaban J connectivity index is 2.50. The first kappa shape index (κ1) is 12.2. The van der Waals surface area contributed by atoms with E-state index >= 15 is 0 Å². The first-order valence-electron chi connectivity index (χ1n) is 5.06. The van der Waals surface area contributed by atoms with E-state index in [9.17, 15) is 4.79 Å². The van der Waals surface area contributed by atoms with Crippen LogP contribution in [0.5, 0.6) is 0 Å². The number of hydrogen-bond donors (Lipinski definition) is 0. The molecule has 1 aromatic carbocycles. The van der Waals surface area contributed by atoms with Gasteiger partial charge in [0.15, 0.2) is 0 Å². The van der Waals surface area contributed by atoms with E-state index in [-0.39, 0.29) is 5.78 Å². The van der Waals surface area contributed by atoms with E-state index in [1.165, 1.54) is 5.69 Å². The largest absolute Gasteiger partial charge is 0.374 e. The molecule has 2 nitrogen and oxygen atoms in total. The van der Waals surface area contributed by atoms with Gasteiger partial charge in [-0.05, 0) is 41.4 Å². The quantitative estimate of drug-likeness (QED) is 0.818. The van der Waals surface area contributed by atoms with Gasteiger partial charge < -0.3 is 9.69 Å². The molecule has 0 aliphatic heterocycles. The Morgan fingerprint density at radius 3 is 2.67 bits per heavy atom. The molecule has 0 amide bonds. The summed E-state index contributed by atoms with van der Waals surface area (Å²) in [6.07, 6.45) is 1.57. The minimum absolute atomic E-state index is 0.260. The van der Waals surface area contributed by atoms with Crippen LogP contribution in [-0.2, 0) is 4.79 Å².